The zero-order valence-corrected chi connectivity index (χ0v) is 16.0. The van der Waals surface area contributed by atoms with Gasteiger partial charge in [-0.1, -0.05) is 6.07 Å². The molecule has 0 atom stereocenters. The van der Waals surface area contributed by atoms with Crippen LogP contribution in [0.5, 0.6) is 5.75 Å². The highest BCUT2D eigenvalue weighted by Gasteiger charge is 2.13. The molecule has 0 radical (unpaired) electrons. The van der Waals surface area contributed by atoms with Gasteiger partial charge >= 0.3 is 0 Å². The molecule has 3 rings (SSSR count). The van der Waals surface area contributed by atoms with E-state index in [0.717, 1.165) is 0 Å². The number of aromatic hydroxyl groups is 1. The van der Waals surface area contributed by atoms with E-state index in [-0.39, 0.29) is 11.3 Å². The van der Waals surface area contributed by atoms with Gasteiger partial charge in [-0.2, -0.15) is 5.10 Å². The molecule has 0 aliphatic heterocycles. The van der Waals surface area contributed by atoms with Crippen LogP contribution in [0.25, 0.3) is 11.3 Å². The Balaban J connectivity index is 2.09. The minimum Gasteiger partial charge on any atom is -0.507 e. The number of benzene rings is 1. The number of pyridine rings is 1. The second-order valence-electron chi connectivity index (χ2n) is 5.69. The first kappa shape index (κ1) is 19.5. The molecule has 0 aliphatic carbocycles. The van der Waals surface area contributed by atoms with Crippen LogP contribution in [0.1, 0.15) is 16.1 Å². The van der Waals surface area contributed by atoms with Gasteiger partial charge in [0.2, 0.25) is 4.80 Å². The number of ether oxygens (including phenoxy) is 1. The molecule has 0 fully saturated rings. The van der Waals surface area contributed by atoms with Crippen LogP contribution in [-0.4, -0.2) is 47.1 Å². The summed E-state index contributed by atoms with van der Waals surface area (Å²) in [7, 11) is 1.62. The number of carbonyl (C=O) groups excluding carboxylic acids is 1. The van der Waals surface area contributed by atoms with E-state index in [1.54, 1.807) is 30.3 Å². The third-order valence-electron chi connectivity index (χ3n) is 3.78. The van der Waals surface area contributed by atoms with E-state index < -0.39 is 5.91 Å². The van der Waals surface area contributed by atoms with Gasteiger partial charge in [0.25, 0.3) is 5.91 Å². The molecule has 1 amide bonds. The molecule has 144 valence electrons. The Labute approximate surface area is 165 Å². The van der Waals surface area contributed by atoms with Crippen LogP contribution in [0, 0.1) is 0 Å². The highest BCUT2D eigenvalue weighted by molar-refractivity contribution is 7.07. The number of methoxy groups -OCH3 is 1. The zero-order valence-electron chi connectivity index (χ0n) is 15.1. The Morgan fingerprint density at radius 1 is 1.39 bits per heavy atom. The molecule has 0 saturated carbocycles. The van der Waals surface area contributed by atoms with Gasteiger partial charge in [-0.05, 0) is 30.3 Å². The smallest absolute Gasteiger partial charge is 0.252 e. The molecule has 9 heteroatoms. The summed E-state index contributed by atoms with van der Waals surface area (Å²) in [5, 5.41) is 16.2. The van der Waals surface area contributed by atoms with Crippen molar-refractivity contribution in [2.24, 2.45) is 15.8 Å². The Hall–Kier alpha value is -3.30. The van der Waals surface area contributed by atoms with E-state index >= 15 is 0 Å². The summed E-state index contributed by atoms with van der Waals surface area (Å²) in [5.41, 5.74) is 7.46. The number of nitrogens with zero attached hydrogens (tertiary/aromatic N) is 4. The fraction of sp³-hybridized carbons (Fsp3) is 0.158. The number of primary amides is 1. The van der Waals surface area contributed by atoms with E-state index in [1.807, 2.05) is 23.6 Å². The maximum absolute atomic E-state index is 11.6. The second-order valence-corrected chi connectivity index (χ2v) is 6.52. The van der Waals surface area contributed by atoms with Crippen LogP contribution < -0.4 is 10.5 Å². The summed E-state index contributed by atoms with van der Waals surface area (Å²) >= 11 is 1.40. The van der Waals surface area contributed by atoms with Gasteiger partial charge in [-0.3, -0.25) is 14.8 Å². The van der Waals surface area contributed by atoms with Crippen LogP contribution in [0.15, 0.2) is 58.1 Å². The quantitative estimate of drug-likeness (QED) is 0.467. The number of carbonyl (C=O) groups is 1. The van der Waals surface area contributed by atoms with Crippen molar-refractivity contribution < 1.29 is 14.6 Å². The average Bonchev–Trinajstić information content (AvgIpc) is 3.10. The number of hydrogen-bond donors (Lipinski definition) is 2. The van der Waals surface area contributed by atoms with E-state index in [9.17, 15) is 9.90 Å². The molecule has 1 aromatic carbocycles. The third kappa shape index (κ3) is 4.51. The predicted molar refractivity (Wildman–Crippen MR) is 107 cm³/mol. The first-order valence-corrected chi connectivity index (χ1v) is 9.26. The van der Waals surface area contributed by atoms with Crippen LogP contribution >= 0.6 is 11.3 Å². The van der Waals surface area contributed by atoms with Gasteiger partial charge in [0.1, 0.15) is 5.75 Å². The molecule has 0 unspecified atom stereocenters. The molecule has 0 saturated heterocycles. The molecular weight excluding hydrogens is 378 g/mol. The molecular formula is C19H19N5O3S. The number of nitrogens with two attached hydrogens (primary N) is 1. The van der Waals surface area contributed by atoms with Gasteiger partial charge in [-0.25, -0.2) is 4.68 Å². The number of amides is 1. The van der Waals surface area contributed by atoms with Crippen molar-refractivity contribution in [3.05, 3.63) is 64.0 Å². The molecule has 3 aromatic rings. The molecule has 3 N–H and O–H groups in total. The molecule has 0 spiro atoms. The number of phenols is 1. The Bertz CT molecular complexity index is 1060. The normalized spacial score (nSPS) is 12.0. The molecule has 8 nitrogen and oxygen atoms in total. The topological polar surface area (TPSA) is 115 Å². The summed E-state index contributed by atoms with van der Waals surface area (Å²) in [6.45, 7) is 0.972. The fourth-order valence-corrected chi connectivity index (χ4v) is 3.28. The van der Waals surface area contributed by atoms with Crippen molar-refractivity contribution in [2.45, 2.75) is 0 Å². The van der Waals surface area contributed by atoms with Gasteiger partial charge in [0.05, 0.1) is 36.3 Å². The van der Waals surface area contributed by atoms with Crippen LogP contribution in [0.3, 0.4) is 0 Å². The van der Waals surface area contributed by atoms with E-state index in [0.29, 0.717) is 34.9 Å². The molecule has 28 heavy (non-hydrogen) atoms. The lowest BCUT2D eigenvalue weighted by Crippen LogP contribution is -2.14. The lowest BCUT2D eigenvalue weighted by molar-refractivity contribution is 0.0998. The average molecular weight is 397 g/mol. The standard InChI is InChI=1S/C19H19N5O3S/c1-27-9-8-22-19-24(23-11-14-4-2-3-7-21-14)16(12-28-19)13-5-6-17(25)15(10-13)18(20)26/h2-7,10-12,25H,8-9H2,1H3,(H2,20,26)/b22-19?,23-11+. The molecule has 2 heterocycles. The van der Waals surface area contributed by atoms with Crippen molar-refractivity contribution in [2.75, 3.05) is 20.3 Å². The highest BCUT2D eigenvalue weighted by atomic mass is 32.1. The van der Waals surface area contributed by atoms with Crippen molar-refractivity contribution in [1.82, 2.24) is 9.66 Å². The minimum absolute atomic E-state index is 0.0434. The van der Waals surface area contributed by atoms with E-state index in [4.69, 9.17) is 10.5 Å². The lowest BCUT2D eigenvalue weighted by Gasteiger charge is -2.06. The lowest BCUT2D eigenvalue weighted by atomic mass is 10.1. The first-order chi connectivity index (χ1) is 13.6. The van der Waals surface area contributed by atoms with Crippen molar-refractivity contribution in [3.63, 3.8) is 0 Å². The SMILES string of the molecule is COCCN=c1scc(-c2ccc(O)c(C(N)=O)c2)n1/N=C/c1ccccn1. The van der Waals surface area contributed by atoms with Gasteiger partial charge in [-0.15, -0.1) is 11.3 Å². The monoisotopic (exact) mass is 397 g/mol. The summed E-state index contributed by atoms with van der Waals surface area (Å²) in [6.07, 6.45) is 3.31. The third-order valence-corrected chi connectivity index (χ3v) is 4.63. The second kappa shape index (κ2) is 9.07. The van der Waals surface area contributed by atoms with E-state index in [1.165, 1.54) is 23.5 Å². The van der Waals surface area contributed by atoms with E-state index in [2.05, 4.69) is 15.1 Å². The minimum atomic E-state index is -0.705. The number of thiazole rings is 1. The number of rotatable bonds is 7. The fourth-order valence-electron chi connectivity index (χ4n) is 2.41. The zero-order chi connectivity index (χ0) is 19.9. The largest absolute Gasteiger partial charge is 0.507 e. The van der Waals surface area contributed by atoms with Gasteiger partial charge in [0, 0.05) is 24.3 Å². The molecule has 0 aliphatic rings. The number of aromatic nitrogens is 2. The highest BCUT2D eigenvalue weighted by Crippen LogP contribution is 2.26. The van der Waals surface area contributed by atoms with Crippen LogP contribution in [0.2, 0.25) is 0 Å². The van der Waals surface area contributed by atoms with Crippen molar-refractivity contribution in [3.8, 4) is 17.0 Å². The maximum Gasteiger partial charge on any atom is 0.252 e. The Morgan fingerprint density at radius 2 is 2.25 bits per heavy atom. The summed E-state index contributed by atoms with van der Waals surface area (Å²) < 4.78 is 6.71. The van der Waals surface area contributed by atoms with Crippen molar-refractivity contribution in [1.29, 1.82) is 0 Å². The van der Waals surface area contributed by atoms with Crippen molar-refractivity contribution >= 4 is 23.5 Å². The maximum atomic E-state index is 11.6. The van der Waals surface area contributed by atoms with Gasteiger partial charge in [0.15, 0.2) is 0 Å². The van der Waals surface area contributed by atoms with Gasteiger partial charge < -0.3 is 15.6 Å². The molecule has 0 bridgehead atoms. The summed E-state index contributed by atoms with van der Waals surface area (Å²) in [4.78, 5) is 21.0. The first-order valence-electron chi connectivity index (χ1n) is 8.38. The van der Waals surface area contributed by atoms with Crippen LogP contribution in [0.4, 0.5) is 0 Å². The predicted octanol–water partition coefficient (Wildman–Crippen LogP) is 1.85. The Kier molecular flexibility index (Phi) is 6.30. The Morgan fingerprint density at radius 3 is 2.96 bits per heavy atom. The molecule has 2 aromatic heterocycles. The summed E-state index contributed by atoms with van der Waals surface area (Å²) in [5.74, 6) is -0.872. The van der Waals surface area contributed by atoms with Crippen LogP contribution in [-0.2, 0) is 4.74 Å². The number of hydrogen-bond acceptors (Lipinski definition) is 7. The summed E-state index contributed by atoms with van der Waals surface area (Å²) in [6, 6.07) is 10.2.